The van der Waals surface area contributed by atoms with Crippen molar-refractivity contribution in [3.05, 3.63) is 63.6 Å². The number of nitrogens with one attached hydrogen (secondary N) is 1. The molecule has 0 unspecified atom stereocenters. The van der Waals surface area contributed by atoms with E-state index >= 15 is 0 Å². The molecule has 1 heterocycles. The van der Waals surface area contributed by atoms with Gasteiger partial charge in [0.05, 0.1) is 6.04 Å². The van der Waals surface area contributed by atoms with Gasteiger partial charge in [-0.05, 0) is 81.8 Å². The first kappa shape index (κ1) is 21.2. The van der Waals surface area contributed by atoms with E-state index in [0.717, 1.165) is 36.8 Å². The highest BCUT2D eigenvalue weighted by molar-refractivity contribution is 9.10. The number of nitrogens with zero attached hydrogens (tertiary/aromatic N) is 1. The molecule has 1 fully saturated rings. The zero-order valence-corrected chi connectivity index (χ0v) is 19.9. The van der Waals surface area contributed by atoms with Crippen molar-refractivity contribution in [1.29, 1.82) is 0 Å². The van der Waals surface area contributed by atoms with E-state index in [-0.39, 0.29) is 17.6 Å². The molecule has 1 aliphatic heterocycles. The molecule has 1 aliphatic carbocycles. The van der Waals surface area contributed by atoms with E-state index in [1.165, 1.54) is 22.4 Å². The number of carbonyl (C=O) groups is 1. The zero-order valence-electron chi connectivity index (χ0n) is 18.3. The second-order valence-corrected chi connectivity index (χ2v) is 10.7. The molecule has 1 spiro atoms. The summed E-state index contributed by atoms with van der Waals surface area (Å²) in [7, 11) is 0. The number of amides is 1. The molecule has 4 rings (SSSR count). The first-order valence-corrected chi connectivity index (χ1v) is 11.5. The van der Waals surface area contributed by atoms with E-state index in [4.69, 9.17) is 4.74 Å². The van der Waals surface area contributed by atoms with Gasteiger partial charge in [0.2, 0.25) is 0 Å². The monoisotopic (exact) mass is 470 g/mol. The van der Waals surface area contributed by atoms with Crippen LogP contribution in [0.4, 0.5) is 10.5 Å². The van der Waals surface area contributed by atoms with Gasteiger partial charge < -0.3 is 15.0 Å². The molecule has 0 radical (unpaired) electrons. The van der Waals surface area contributed by atoms with E-state index in [2.05, 4.69) is 75.5 Å². The van der Waals surface area contributed by atoms with Crippen LogP contribution < -0.4 is 10.2 Å². The summed E-state index contributed by atoms with van der Waals surface area (Å²) in [6.07, 6.45) is 2.75. The normalized spacial score (nSPS) is 20.2. The van der Waals surface area contributed by atoms with Crippen molar-refractivity contribution in [3.63, 3.8) is 0 Å². The smallest absolute Gasteiger partial charge is 0.408 e. The van der Waals surface area contributed by atoms with Crippen LogP contribution in [0.15, 0.2) is 46.9 Å². The number of alkyl carbamates (subject to hydrolysis) is 1. The third-order valence-corrected chi connectivity index (χ3v) is 6.79. The summed E-state index contributed by atoms with van der Waals surface area (Å²) in [5, 5.41) is 3.24. The Morgan fingerprint density at radius 3 is 2.53 bits per heavy atom. The standard InChI is InChI=1S/C25H31BrN2O2/c1-17-13-19(26)15-20(14-17)28-11-9-25(10-12-28)16-18-7-5-6-8-21(18)22(25)27-23(29)30-24(2,3)4/h5-8,13-15,22H,9-12,16H2,1-4H3,(H,27,29)/t22-/m1/s1. The van der Waals surface area contributed by atoms with Crippen LogP contribution in [0.1, 0.15) is 56.3 Å². The van der Waals surface area contributed by atoms with Crippen LogP contribution in [-0.2, 0) is 11.2 Å². The fraction of sp³-hybridized carbons (Fsp3) is 0.480. The van der Waals surface area contributed by atoms with Crippen molar-refractivity contribution in [3.8, 4) is 0 Å². The Balaban J connectivity index is 1.55. The number of ether oxygens (including phenoxy) is 1. The minimum absolute atomic E-state index is 0.00468. The Morgan fingerprint density at radius 2 is 1.87 bits per heavy atom. The quantitative estimate of drug-likeness (QED) is 0.570. The van der Waals surface area contributed by atoms with Gasteiger partial charge in [-0.25, -0.2) is 4.79 Å². The number of rotatable bonds is 2. The predicted octanol–water partition coefficient (Wildman–Crippen LogP) is 6.17. The van der Waals surface area contributed by atoms with Crippen LogP contribution in [0.5, 0.6) is 0 Å². The first-order valence-electron chi connectivity index (χ1n) is 10.7. The van der Waals surface area contributed by atoms with Crippen molar-refractivity contribution >= 4 is 27.7 Å². The molecule has 2 aromatic rings. The van der Waals surface area contributed by atoms with Gasteiger partial charge in [0.1, 0.15) is 5.60 Å². The molecule has 0 aromatic heterocycles. The molecule has 2 aromatic carbocycles. The van der Waals surface area contributed by atoms with Crippen molar-refractivity contribution in [1.82, 2.24) is 5.32 Å². The number of aryl methyl sites for hydroxylation is 1. The molecule has 0 saturated carbocycles. The minimum Gasteiger partial charge on any atom is -0.444 e. The van der Waals surface area contributed by atoms with Gasteiger partial charge in [-0.3, -0.25) is 0 Å². The molecule has 0 bridgehead atoms. The average Bonchev–Trinajstić information content (AvgIpc) is 2.93. The van der Waals surface area contributed by atoms with Crippen LogP contribution in [0, 0.1) is 12.3 Å². The summed E-state index contributed by atoms with van der Waals surface area (Å²) in [6.45, 7) is 9.82. The fourth-order valence-corrected chi connectivity index (χ4v) is 5.62. The third kappa shape index (κ3) is 4.36. The number of piperidine rings is 1. The van der Waals surface area contributed by atoms with Gasteiger partial charge in [-0.2, -0.15) is 0 Å². The number of anilines is 1. The van der Waals surface area contributed by atoms with Gasteiger partial charge in [0, 0.05) is 28.7 Å². The Kier molecular flexibility index (Phi) is 5.60. The first-order chi connectivity index (χ1) is 14.2. The topological polar surface area (TPSA) is 41.6 Å². The molecule has 1 saturated heterocycles. The summed E-state index contributed by atoms with van der Waals surface area (Å²) < 4.78 is 6.72. The minimum atomic E-state index is -0.503. The van der Waals surface area contributed by atoms with Gasteiger partial charge >= 0.3 is 6.09 Å². The van der Waals surface area contributed by atoms with Crippen LogP contribution in [-0.4, -0.2) is 24.8 Å². The van der Waals surface area contributed by atoms with Crippen molar-refractivity contribution in [2.45, 2.75) is 58.6 Å². The maximum atomic E-state index is 12.7. The van der Waals surface area contributed by atoms with E-state index in [9.17, 15) is 4.79 Å². The summed E-state index contributed by atoms with van der Waals surface area (Å²) in [6, 6.07) is 15.1. The molecule has 1 amide bonds. The lowest BCUT2D eigenvalue weighted by molar-refractivity contribution is 0.0428. The molecular weight excluding hydrogens is 440 g/mol. The predicted molar refractivity (Wildman–Crippen MR) is 125 cm³/mol. The molecule has 4 nitrogen and oxygen atoms in total. The Morgan fingerprint density at radius 1 is 1.17 bits per heavy atom. The van der Waals surface area contributed by atoms with E-state index in [0.29, 0.717) is 0 Å². The lowest BCUT2D eigenvalue weighted by Crippen LogP contribution is -2.47. The van der Waals surface area contributed by atoms with Crippen LogP contribution in [0.3, 0.4) is 0 Å². The van der Waals surface area contributed by atoms with Gasteiger partial charge in [-0.1, -0.05) is 40.2 Å². The average molecular weight is 471 g/mol. The molecule has 1 N–H and O–H groups in total. The summed E-state index contributed by atoms with van der Waals surface area (Å²) in [4.78, 5) is 15.1. The van der Waals surface area contributed by atoms with Crippen LogP contribution in [0.2, 0.25) is 0 Å². The van der Waals surface area contributed by atoms with E-state index < -0.39 is 5.60 Å². The van der Waals surface area contributed by atoms with Crippen molar-refractivity contribution < 1.29 is 9.53 Å². The SMILES string of the molecule is Cc1cc(Br)cc(N2CCC3(CC2)Cc2ccccc2[C@H]3NC(=O)OC(C)(C)C)c1. The highest BCUT2D eigenvalue weighted by Crippen LogP contribution is 2.52. The van der Waals surface area contributed by atoms with Crippen molar-refractivity contribution in [2.24, 2.45) is 5.41 Å². The maximum Gasteiger partial charge on any atom is 0.408 e. The molecule has 1 atom stereocenters. The Hall–Kier alpha value is -2.01. The number of carbonyl (C=O) groups excluding carboxylic acids is 1. The number of fused-ring (bicyclic) bond motifs is 1. The lowest BCUT2D eigenvalue weighted by Gasteiger charge is -2.44. The van der Waals surface area contributed by atoms with Gasteiger partial charge in [-0.15, -0.1) is 0 Å². The fourth-order valence-electron chi connectivity index (χ4n) is 5.02. The summed E-state index contributed by atoms with van der Waals surface area (Å²) in [5.41, 5.74) is 4.66. The van der Waals surface area contributed by atoms with E-state index in [1.54, 1.807) is 0 Å². The number of halogens is 1. The molecule has 160 valence electrons. The molecule has 30 heavy (non-hydrogen) atoms. The van der Waals surface area contributed by atoms with Gasteiger partial charge in [0.15, 0.2) is 0 Å². The second kappa shape index (κ2) is 7.92. The van der Waals surface area contributed by atoms with Crippen molar-refractivity contribution in [2.75, 3.05) is 18.0 Å². The summed E-state index contributed by atoms with van der Waals surface area (Å²) in [5.74, 6) is 0. The summed E-state index contributed by atoms with van der Waals surface area (Å²) >= 11 is 3.63. The Bertz CT molecular complexity index is 922. The number of benzene rings is 2. The highest BCUT2D eigenvalue weighted by Gasteiger charge is 2.48. The lowest BCUT2D eigenvalue weighted by atomic mass is 9.72. The molecule has 2 aliphatic rings. The largest absolute Gasteiger partial charge is 0.444 e. The van der Waals surface area contributed by atoms with Crippen LogP contribution in [0.25, 0.3) is 0 Å². The number of hydrogen-bond donors (Lipinski definition) is 1. The Labute approximate surface area is 188 Å². The highest BCUT2D eigenvalue weighted by atomic mass is 79.9. The number of hydrogen-bond acceptors (Lipinski definition) is 3. The maximum absolute atomic E-state index is 12.7. The molecule has 5 heteroatoms. The third-order valence-electron chi connectivity index (χ3n) is 6.33. The zero-order chi connectivity index (χ0) is 21.5. The van der Waals surface area contributed by atoms with Gasteiger partial charge in [0.25, 0.3) is 0 Å². The second-order valence-electron chi connectivity index (χ2n) is 9.79. The molecular formula is C25H31BrN2O2. The van der Waals surface area contributed by atoms with E-state index in [1.807, 2.05) is 20.8 Å². The van der Waals surface area contributed by atoms with Crippen LogP contribution >= 0.6 is 15.9 Å².